The van der Waals surface area contributed by atoms with E-state index in [9.17, 15) is 4.79 Å². The van der Waals surface area contributed by atoms with E-state index < -0.39 is 0 Å². The first kappa shape index (κ1) is 23.5. The normalized spacial score (nSPS) is 12.1. The molecule has 0 radical (unpaired) electrons. The second kappa shape index (κ2) is 11.4. The predicted octanol–water partition coefficient (Wildman–Crippen LogP) is 5.98. The minimum atomic E-state index is -0.194. The molecule has 2 aromatic carbocycles. The topological polar surface area (TPSA) is 66.1 Å². The van der Waals surface area contributed by atoms with Crippen LogP contribution in [0.4, 0.5) is 10.5 Å². The SMILES string of the molecule is CC(C)c1cccc(C(C)C)c1NC(=O)NCC(NCc1ccccn1)c1ccccc1. The van der Waals surface area contributed by atoms with Gasteiger partial charge in [0, 0.05) is 25.0 Å². The van der Waals surface area contributed by atoms with Crippen LogP contribution in [0.15, 0.2) is 72.9 Å². The largest absolute Gasteiger partial charge is 0.336 e. The van der Waals surface area contributed by atoms with Crippen LogP contribution in [0.1, 0.15) is 68.0 Å². The molecule has 0 spiro atoms. The van der Waals surface area contributed by atoms with E-state index in [1.165, 1.54) is 0 Å². The summed E-state index contributed by atoms with van der Waals surface area (Å²) in [6.45, 7) is 9.68. The smallest absolute Gasteiger partial charge is 0.319 e. The fourth-order valence-electron chi connectivity index (χ4n) is 3.77. The Morgan fingerprint density at radius 1 is 0.844 bits per heavy atom. The number of nitrogens with one attached hydrogen (secondary N) is 3. The highest BCUT2D eigenvalue weighted by molar-refractivity contribution is 5.91. The molecule has 1 unspecified atom stereocenters. The van der Waals surface area contributed by atoms with Gasteiger partial charge in [-0.25, -0.2) is 4.79 Å². The summed E-state index contributed by atoms with van der Waals surface area (Å²) in [5, 5.41) is 9.72. The Labute approximate surface area is 191 Å². The number of aromatic nitrogens is 1. The molecule has 3 aromatic rings. The molecule has 0 saturated carbocycles. The third-order valence-electron chi connectivity index (χ3n) is 5.54. The summed E-state index contributed by atoms with van der Waals surface area (Å²) in [4.78, 5) is 17.3. The van der Waals surface area contributed by atoms with Gasteiger partial charge in [-0.15, -0.1) is 0 Å². The van der Waals surface area contributed by atoms with Crippen LogP contribution in [0.5, 0.6) is 0 Å². The van der Waals surface area contributed by atoms with Gasteiger partial charge >= 0.3 is 6.03 Å². The van der Waals surface area contributed by atoms with Crippen LogP contribution in [-0.2, 0) is 6.54 Å². The summed E-state index contributed by atoms with van der Waals surface area (Å²) in [5.74, 6) is 0.641. The van der Waals surface area contributed by atoms with E-state index in [1.54, 1.807) is 6.20 Å². The molecule has 5 nitrogen and oxygen atoms in total. The zero-order valence-electron chi connectivity index (χ0n) is 19.4. The van der Waals surface area contributed by atoms with Crippen LogP contribution in [0, 0.1) is 0 Å². The summed E-state index contributed by atoms with van der Waals surface area (Å²) in [6, 6.07) is 22.1. The second-order valence-electron chi connectivity index (χ2n) is 8.62. The summed E-state index contributed by atoms with van der Waals surface area (Å²) in [7, 11) is 0. The second-order valence-corrected chi connectivity index (χ2v) is 8.62. The Kier molecular flexibility index (Phi) is 8.40. The number of pyridine rings is 1. The monoisotopic (exact) mass is 430 g/mol. The number of benzene rings is 2. The summed E-state index contributed by atoms with van der Waals surface area (Å²) in [6.07, 6.45) is 1.79. The Hall–Kier alpha value is -3.18. The van der Waals surface area contributed by atoms with E-state index in [0.717, 1.165) is 28.1 Å². The van der Waals surface area contributed by atoms with Crippen molar-refractivity contribution in [2.75, 3.05) is 11.9 Å². The number of rotatable bonds is 9. The highest BCUT2D eigenvalue weighted by Gasteiger charge is 2.17. The molecular weight excluding hydrogens is 396 g/mol. The molecule has 0 aliphatic carbocycles. The van der Waals surface area contributed by atoms with E-state index in [0.29, 0.717) is 24.9 Å². The number of carbonyl (C=O) groups excluding carboxylic acids is 1. The van der Waals surface area contributed by atoms with Crippen LogP contribution in [0.3, 0.4) is 0 Å². The molecule has 2 amide bonds. The van der Waals surface area contributed by atoms with Gasteiger partial charge in [0.25, 0.3) is 0 Å². The maximum absolute atomic E-state index is 12.9. The van der Waals surface area contributed by atoms with E-state index in [-0.39, 0.29) is 12.1 Å². The average molecular weight is 431 g/mol. The lowest BCUT2D eigenvalue weighted by molar-refractivity contribution is 0.250. The van der Waals surface area contributed by atoms with Gasteiger partial charge in [-0.2, -0.15) is 0 Å². The number of hydrogen-bond acceptors (Lipinski definition) is 3. The van der Waals surface area contributed by atoms with E-state index in [4.69, 9.17) is 0 Å². The van der Waals surface area contributed by atoms with Crippen molar-refractivity contribution in [3.63, 3.8) is 0 Å². The Balaban J connectivity index is 1.70. The average Bonchev–Trinajstić information content (AvgIpc) is 2.80. The molecule has 0 bridgehead atoms. The number of nitrogens with zero attached hydrogens (tertiary/aromatic N) is 1. The van der Waals surface area contributed by atoms with Crippen molar-refractivity contribution in [2.24, 2.45) is 0 Å². The van der Waals surface area contributed by atoms with Gasteiger partial charge in [0.2, 0.25) is 0 Å². The zero-order chi connectivity index (χ0) is 22.9. The van der Waals surface area contributed by atoms with Gasteiger partial charge < -0.3 is 16.0 Å². The molecule has 168 valence electrons. The number of urea groups is 1. The molecule has 1 aromatic heterocycles. The summed E-state index contributed by atoms with van der Waals surface area (Å²) < 4.78 is 0. The first-order chi connectivity index (χ1) is 15.5. The van der Waals surface area contributed by atoms with Crippen molar-refractivity contribution in [3.8, 4) is 0 Å². The fraction of sp³-hybridized carbons (Fsp3) is 0.333. The maximum Gasteiger partial charge on any atom is 0.319 e. The van der Waals surface area contributed by atoms with Crippen LogP contribution >= 0.6 is 0 Å². The summed E-state index contributed by atoms with van der Waals surface area (Å²) in [5.41, 5.74) is 5.31. The van der Waals surface area contributed by atoms with Crippen LogP contribution in [-0.4, -0.2) is 17.6 Å². The number of carbonyl (C=O) groups is 1. The Morgan fingerprint density at radius 2 is 1.50 bits per heavy atom. The van der Waals surface area contributed by atoms with Crippen LogP contribution < -0.4 is 16.0 Å². The van der Waals surface area contributed by atoms with Crippen molar-refractivity contribution < 1.29 is 4.79 Å². The molecule has 1 atom stereocenters. The van der Waals surface area contributed by atoms with Gasteiger partial charge in [0.15, 0.2) is 0 Å². The molecule has 0 aliphatic rings. The molecular formula is C27H34N4O. The van der Waals surface area contributed by atoms with Crippen LogP contribution in [0.25, 0.3) is 0 Å². The van der Waals surface area contributed by atoms with Crippen molar-refractivity contribution in [1.82, 2.24) is 15.6 Å². The minimum absolute atomic E-state index is 0.0335. The number of anilines is 1. The first-order valence-corrected chi connectivity index (χ1v) is 11.3. The van der Waals surface area contributed by atoms with E-state index >= 15 is 0 Å². The number of para-hydroxylation sites is 1. The minimum Gasteiger partial charge on any atom is -0.336 e. The Bertz CT molecular complexity index is 961. The lowest BCUT2D eigenvalue weighted by Gasteiger charge is -2.22. The van der Waals surface area contributed by atoms with Crippen molar-refractivity contribution in [1.29, 1.82) is 0 Å². The van der Waals surface area contributed by atoms with Crippen molar-refractivity contribution >= 4 is 11.7 Å². The Morgan fingerprint density at radius 3 is 2.09 bits per heavy atom. The molecule has 0 fully saturated rings. The first-order valence-electron chi connectivity index (χ1n) is 11.3. The molecule has 0 aliphatic heterocycles. The molecule has 1 heterocycles. The third-order valence-corrected chi connectivity index (χ3v) is 5.54. The number of hydrogen-bond donors (Lipinski definition) is 3. The maximum atomic E-state index is 12.9. The lowest BCUT2D eigenvalue weighted by atomic mass is 9.93. The van der Waals surface area contributed by atoms with Gasteiger partial charge in [-0.3, -0.25) is 4.98 Å². The number of amides is 2. The van der Waals surface area contributed by atoms with Gasteiger partial charge in [0.05, 0.1) is 11.7 Å². The zero-order valence-corrected chi connectivity index (χ0v) is 19.4. The van der Waals surface area contributed by atoms with Crippen LogP contribution in [0.2, 0.25) is 0 Å². The van der Waals surface area contributed by atoms with Crippen molar-refractivity contribution in [3.05, 3.63) is 95.3 Å². The standard InChI is InChI=1S/C27H34N4O/c1-19(2)23-14-10-15-24(20(3)4)26(23)31-27(32)30-18-25(21-11-6-5-7-12-21)29-17-22-13-8-9-16-28-22/h5-16,19-20,25,29H,17-18H2,1-4H3,(H2,30,31,32). The fourth-order valence-corrected chi connectivity index (χ4v) is 3.77. The van der Waals surface area contributed by atoms with E-state index in [2.05, 4.69) is 79.0 Å². The summed E-state index contributed by atoms with van der Waals surface area (Å²) >= 11 is 0. The molecule has 32 heavy (non-hydrogen) atoms. The highest BCUT2D eigenvalue weighted by atomic mass is 16.2. The van der Waals surface area contributed by atoms with Gasteiger partial charge in [0.1, 0.15) is 0 Å². The van der Waals surface area contributed by atoms with Gasteiger partial charge in [-0.05, 0) is 40.7 Å². The quantitative estimate of drug-likeness (QED) is 0.391. The predicted molar refractivity (Wildman–Crippen MR) is 132 cm³/mol. The molecule has 3 N–H and O–H groups in total. The third kappa shape index (κ3) is 6.41. The van der Waals surface area contributed by atoms with Crippen molar-refractivity contribution in [2.45, 2.75) is 52.1 Å². The molecule has 3 rings (SSSR count). The highest BCUT2D eigenvalue weighted by Crippen LogP contribution is 2.32. The molecule has 5 heteroatoms. The lowest BCUT2D eigenvalue weighted by Crippen LogP contribution is -2.37. The van der Waals surface area contributed by atoms with E-state index in [1.807, 2.05) is 36.4 Å². The van der Waals surface area contributed by atoms with Gasteiger partial charge in [-0.1, -0.05) is 82.3 Å². The molecule has 0 saturated heterocycles.